The third-order valence-corrected chi connectivity index (χ3v) is 2.70. The van der Waals surface area contributed by atoms with Crippen molar-refractivity contribution in [1.82, 2.24) is 0 Å². The van der Waals surface area contributed by atoms with Crippen LogP contribution in [0.15, 0.2) is 54.6 Å². The van der Waals surface area contributed by atoms with Crippen LogP contribution in [0.3, 0.4) is 0 Å². The molecule has 17 heavy (non-hydrogen) atoms. The van der Waals surface area contributed by atoms with Crippen LogP contribution in [0.25, 0.3) is 0 Å². The average Bonchev–Trinajstić information content (AvgIpc) is 2.41. The molecule has 0 spiro atoms. The van der Waals surface area contributed by atoms with E-state index in [1.54, 1.807) is 0 Å². The van der Waals surface area contributed by atoms with Gasteiger partial charge in [0.15, 0.2) is 0 Å². The van der Waals surface area contributed by atoms with E-state index >= 15 is 0 Å². The maximum Gasteiger partial charge on any atom is 0.101 e. The monoisotopic (exact) mass is 222 g/mol. The molecular formula is C15H14N2. The smallest absolute Gasteiger partial charge is 0.101 e. The van der Waals surface area contributed by atoms with E-state index in [1.165, 1.54) is 0 Å². The second kappa shape index (κ2) is 5.18. The summed E-state index contributed by atoms with van der Waals surface area (Å²) in [5.41, 5.74) is 2.78. The summed E-state index contributed by atoms with van der Waals surface area (Å²) in [4.78, 5) is 2.14. The van der Waals surface area contributed by atoms with Crippen molar-refractivity contribution in [3.8, 4) is 6.07 Å². The zero-order valence-corrected chi connectivity index (χ0v) is 9.80. The van der Waals surface area contributed by atoms with Crippen LogP contribution in [-0.4, -0.2) is 6.54 Å². The zero-order chi connectivity index (χ0) is 12.1. The van der Waals surface area contributed by atoms with E-state index in [4.69, 9.17) is 5.26 Å². The first kappa shape index (κ1) is 11.2. The molecule has 0 atom stereocenters. The minimum absolute atomic E-state index is 0.707. The van der Waals surface area contributed by atoms with Crippen LogP contribution in [0, 0.1) is 11.3 Å². The highest BCUT2D eigenvalue weighted by atomic mass is 15.1. The molecule has 2 rings (SSSR count). The zero-order valence-electron chi connectivity index (χ0n) is 9.80. The fraction of sp³-hybridized carbons (Fsp3) is 0.133. The van der Waals surface area contributed by atoms with Crippen molar-refractivity contribution in [2.75, 3.05) is 11.4 Å². The molecule has 0 radical (unpaired) electrons. The molecule has 0 saturated heterocycles. The summed E-state index contributed by atoms with van der Waals surface area (Å²) in [7, 11) is 0. The van der Waals surface area contributed by atoms with Gasteiger partial charge in [0, 0.05) is 12.2 Å². The minimum atomic E-state index is 0.707. The topological polar surface area (TPSA) is 27.0 Å². The standard InChI is InChI=1S/C15H14N2/c1-2-17(14-9-4-3-5-10-14)15-11-7-6-8-13(15)12-16/h3-11H,2H2,1H3. The number of nitrogens with zero attached hydrogens (tertiary/aromatic N) is 2. The Morgan fingerprint density at radius 1 is 1.00 bits per heavy atom. The molecule has 0 fully saturated rings. The molecule has 0 aromatic heterocycles. The summed E-state index contributed by atoms with van der Waals surface area (Å²) in [5, 5.41) is 9.13. The predicted molar refractivity (Wildman–Crippen MR) is 70.3 cm³/mol. The van der Waals surface area contributed by atoms with Crippen molar-refractivity contribution in [3.63, 3.8) is 0 Å². The van der Waals surface area contributed by atoms with Crippen molar-refractivity contribution in [3.05, 3.63) is 60.2 Å². The van der Waals surface area contributed by atoms with Gasteiger partial charge in [0.25, 0.3) is 0 Å². The van der Waals surface area contributed by atoms with Gasteiger partial charge >= 0.3 is 0 Å². The fourth-order valence-corrected chi connectivity index (χ4v) is 1.90. The van der Waals surface area contributed by atoms with Crippen LogP contribution in [0.4, 0.5) is 11.4 Å². The van der Waals surface area contributed by atoms with Gasteiger partial charge in [-0.2, -0.15) is 5.26 Å². The largest absolute Gasteiger partial charge is 0.341 e. The molecule has 0 N–H and O–H groups in total. The Hall–Kier alpha value is -2.27. The van der Waals surface area contributed by atoms with Gasteiger partial charge in [0.1, 0.15) is 6.07 Å². The van der Waals surface area contributed by atoms with Gasteiger partial charge in [-0.15, -0.1) is 0 Å². The van der Waals surface area contributed by atoms with Crippen LogP contribution < -0.4 is 4.90 Å². The predicted octanol–water partition coefficient (Wildman–Crippen LogP) is 3.72. The third-order valence-electron chi connectivity index (χ3n) is 2.70. The summed E-state index contributed by atoms with van der Waals surface area (Å²) in [6.07, 6.45) is 0. The Morgan fingerprint density at radius 2 is 1.65 bits per heavy atom. The molecule has 0 aliphatic heterocycles. The maximum absolute atomic E-state index is 9.13. The second-order valence-corrected chi connectivity index (χ2v) is 3.71. The van der Waals surface area contributed by atoms with Gasteiger partial charge in [-0.3, -0.25) is 0 Å². The molecule has 84 valence electrons. The van der Waals surface area contributed by atoms with E-state index in [2.05, 4.69) is 30.0 Å². The number of rotatable bonds is 3. The van der Waals surface area contributed by atoms with Gasteiger partial charge in [-0.25, -0.2) is 0 Å². The van der Waals surface area contributed by atoms with Crippen LogP contribution in [0.5, 0.6) is 0 Å². The highest BCUT2D eigenvalue weighted by Crippen LogP contribution is 2.27. The summed E-state index contributed by atoms with van der Waals surface area (Å²) in [6.45, 7) is 2.92. The van der Waals surface area contributed by atoms with Crippen LogP contribution >= 0.6 is 0 Å². The Bertz CT molecular complexity index is 526. The van der Waals surface area contributed by atoms with E-state index in [0.717, 1.165) is 17.9 Å². The molecule has 0 aliphatic carbocycles. The second-order valence-electron chi connectivity index (χ2n) is 3.71. The normalized spacial score (nSPS) is 9.65. The molecule has 0 bridgehead atoms. The van der Waals surface area contributed by atoms with Crippen molar-refractivity contribution in [2.45, 2.75) is 6.92 Å². The molecule has 0 heterocycles. The molecule has 2 nitrogen and oxygen atoms in total. The lowest BCUT2D eigenvalue weighted by molar-refractivity contribution is 1.02. The van der Waals surface area contributed by atoms with Crippen molar-refractivity contribution in [2.24, 2.45) is 0 Å². The van der Waals surface area contributed by atoms with Gasteiger partial charge < -0.3 is 4.90 Å². The first-order valence-electron chi connectivity index (χ1n) is 5.68. The number of nitriles is 1. The quantitative estimate of drug-likeness (QED) is 0.791. The number of hydrogen-bond donors (Lipinski definition) is 0. The van der Waals surface area contributed by atoms with Gasteiger partial charge in [-0.05, 0) is 31.2 Å². The van der Waals surface area contributed by atoms with E-state index < -0.39 is 0 Å². The van der Waals surface area contributed by atoms with Crippen LogP contribution in [-0.2, 0) is 0 Å². The van der Waals surface area contributed by atoms with Gasteiger partial charge in [0.05, 0.1) is 11.3 Å². The van der Waals surface area contributed by atoms with Crippen LogP contribution in [0.1, 0.15) is 12.5 Å². The Balaban J connectivity index is 2.47. The van der Waals surface area contributed by atoms with Crippen LogP contribution in [0.2, 0.25) is 0 Å². The lowest BCUT2D eigenvalue weighted by atomic mass is 10.1. The molecule has 0 unspecified atom stereocenters. The van der Waals surface area contributed by atoms with E-state index in [-0.39, 0.29) is 0 Å². The molecule has 2 aromatic rings. The molecular weight excluding hydrogens is 208 g/mol. The molecule has 2 heteroatoms. The SMILES string of the molecule is CCN(c1ccccc1)c1ccccc1C#N. The lowest BCUT2D eigenvalue weighted by Gasteiger charge is -2.24. The number of benzene rings is 2. The maximum atomic E-state index is 9.13. The van der Waals surface area contributed by atoms with Crippen molar-refractivity contribution < 1.29 is 0 Å². The summed E-state index contributed by atoms with van der Waals surface area (Å²) in [5.74, 6) is 0. The summed E-state index contributed by atoms with van der Waals surface area (Å²) >= 11 is 0. The summed E-state index contributed by atoms with van der Waals surface area (Å²) < 4.78 is 0. The summed E-state index contributed by atoms with van der Waals surface area (Å²) in [6, 6.07) is 20.0. The molecule has 0 aliphatic rings. The Kier molecular flexibility index (Phi) is 3.42. The number of hydrogen-bond acceptors (Lipinski definition) is 2. The molecule has 0 saturated carbocycles. The van der Waals surface area contributed by atoms with E-state index in [1.807, 2.05) is 42.5 Å². The lowest BCUT2D eigenvalue weighted by Crippen LogP contribution is -2.16. The van der Waals surface area contributed by atoms with Crippen molar-refractivity contribution >= 4 is 11.4 Å². The fourth-order valence-electron chi connectivity index (χ4n) is 1.90. The first-order valence-corrected chi connectivity index (χ1v) is 5.68. The number of anilines is 2. The minimum Gasteiger partial charge on any atom is -0.341 e. The molecule has 0 amide bonds. The molecule has 2 aromatic carbocycles. The van der Waals surface area contributed by atoms with Crippen molar-refractivity contribution in [1.29, 1.82) is 5.26 Å². The first-order chi connectivity index (χ1) is 8.36. The Labute approximate surface area is 102 Å². The highest BCUT2D eigenvalue weighted by molar-refractivity contribution is 5.69. The van der Waals surface area contributed by atoms with Gasteiger partial charge in [-0.1, -0.05) is 30.3 Å². The van der Waals surface area contributed by atoms with E-state index in [0.29, 0.717) is 5.56 Å². The third kappa shape index (κ3) is 2.29. The average molecular weight is 222 g/mol. The van der Waals surface area contributed by atoms with Gasteiger partial charge in [0.2, 0.25) is 0 Å². The van der Waals surface area contributed by atoms with E-state index in [9.17, 15) is 0 Å². The Morgan fingerprint density at radius 3 is 2.29 bits per heavy atom. The highest BCUT2D eigenvalue weighted by Gasteiger charge is 2.10. The number of para-hydroxylation sites is 2.